The fourth-order valence-corrected chi connectivity index (χ4v) is 2.86. The molecule has 2 nitrogen and oxygen atoms in total. The minimum atomic E-state index is -2.28. The quantitative estimate of drug-likeness (QED) is 0.327. The Kier molecular flexibility index (Phi) is 5.89. The summed E-state index contributed by atoms with van der Waals surface area (Å²) in [4.78, 5) is 10.8. The Morgan fingerprint density at radius 3 is 2.04 bits per heavy atom. The Morgan fingerprint density at radius 1 is 1.00 bits per heavy atom. The number of amides is 1. The summed E-state index contributed by atoms with van der Waals surface area (Å²) in [5, 5.41) is 0.907. The molecule has 1 amide bonds. The van der Waals surface area contributed by atoms with Crippen LogP contribution in [0.3, 0.4) is 0 Å². The number of carbonyl (C=O) groups is 1. The molecular weight excluding hydrogens is 392 g/mol. The second kappa shape index (κ2) is 7.57. The average molecular weight is 400 g/mol. The van der Waals surface area contributed by atoms with E-state index >= 15 is 0 Å². The molecule has 0 bridgehead atoms. The van der Waals surface area contributed by atoms with Crippen LogP contribution in [0.15, 0.2) is 23.1 Å². The molecule has 0 saturated carbocycles. The zero-order valence-corrected chi connectivity index (χ0v) is 13.8. The molecule has 0 radical (unpaired) electrons. The first-order chi connectivity index (χ1) is 11.6. The lowest BCUT2D eigenvalue weighted by Gasteiger charge is -2.14. The Labute approximate surface area is 147 Å². The largest absolute Gasteiger partial charge is 0.324 e. The van der Waals surface area contributed by atoms with E-state index in [0.717, 1.165) is 18.2 Å². The summed E-state index contributed by atoms with van der Waals surface area (Å²) >= 11 is 5.87. The van der Waals surface area contributed by atoms with E-state index in [0.29, 0.717) is 0 Å². The standard InChI is InChI=1S/C15H8ClF6NOS/c1-5(15(24)23-8-3-2-6(17)4-7(8)16)25-14-12(21)10(19)9(18)11(20)13(14)22/h2-5H,1H3,(H,23,24)/t5-/m1/s1. The second-order valence-corrected chi connectivity index (χ2v) is 6.53. The molecule has 0 aliphatic carbocycles. The highest BCUT2D eigenvalue weighted by atomic mass is 35.5. The van der Waals surface area contributed by atoms with E-state index in [4.69, 9.17) is 11.6 Å². The number of benzene rings is 2. The number of hydrogen-bond donors (Lipinski definition) is 1. The van der Waals surface area contributed by atoms with Crippen molar-refractivity contribution in [1.29, 1.82) is 0 Å². The van der Waals surface area contributed by atoms with Crippen molar-refractivity contribution in [2.45, 2.75) is 17.1 Å². The molecular formula is C15H8ClF6NOS. The monoisotopic (exact) mass is 399 g/mol. The summed E-state index contributed by atoms with van der Waals surface area (Å²) in [7, 11) is 0. The molecule has 0 aliphatic rings. The molecule has 134 valence electrons. The average Bonchev–Trinajstić information content (AvgIpc) is 2.57. The molecule has 0 unspecified atom stereocenters. The number of rotatable bonds is 4. The van der Waals surface area contributed by atoms with Crippen molar-refractivity contribution in [3.8, 4) is 0 Å². The third kappa shape index (κ3) is 4.04. The van der Waals surface area contributed by atoms with E-state index in [-0.39, 0.29) is 22.5 Å². The Morgan fingerprint density at radius 2 is 1.52 bits per heavy atom. The highest BCUT2D eigenvalue weighted by Gasteiger charge is 2.28. The van der Waals surface area contributed by atoms with Crippen molar-refractivity contribution in [2.24, 2.45) is 0 Å². The molecule has 0 heterocycles. The lowest BCUT2D eigenvalue weighted by molar-refractivity contribution is -0.115. The smallest absolute Gasteiger partial charge is 0.237 e. The molecule has 25 heavy (non-hydrogen) atoms. The predicted octanol–water partition coefficient (Wildman–Crippen LogP) is 5.29. The van der Waals surface area contributed by atoms with Crippen molar-refractivity contribution >= 4 is 35.0 Å². The summed E-state index contributed by atoms with van der Waals surface area (Å²) < 4.78 is 79.5. The fraction of sp³-hybridized carbons (Fsp3) is 0.133. The van der Waals surface area contributed by atoms with Gasteiger partial charge < -0.3 is 5.32 Å². The van der Waals surface area contributed by atoms with Crippen LogP contribution in [0.5, 0.6) is 0 Å². The molecule has 1 N–H and O–H groups in total. The van der Waals surface area contributed by atoms with Crippen LogP contribution in [0.2, 0.25) is 5.02 Å². The Bertz CT molecular complexity index is 818. The van der Waals surface area contributed by atoms with Gasteiger partial charge in [0.05, 0.1) is 20.9 Å². The molecule has 0 spiro atoms. The van der Waals surface area contributed by atoms with Crippen LogP contribution in [-0.4, -0.2) is 11.2 Å². The highest BCUT2D eigenvalue weighted by molar-refractivity contribution is 8.00. The zero-order chi connectivity index (χ0) is 18.9. The molecule has 0 fully saturated rings. The normalized spacial score (nSPS) is 12.2. The Hall–Kier alpha value is -1.87. The molecule has 0 aromatic heterocycles. The van der Waals surface area contributed by atoms with Crippen LogP contribution in [0, 0.1) is 34.9 Å². The van der Waals surface area contributed by atoms with E-state index in [1.807, 2.05) is 0 Å². The van der Waals surface area contributed by atoms with E-state index in [1.165, 1.54) is 6.92 Å². The van der Waals surface area contributed by atoms with Gasteiger partial charge in [0, 0.05) is 0 Å². The van der Waals surface area contributed by atoms with Crippen molar-refractivity contribution in [2.75, 3.05) is 5.32 Å². The number of hydrogen-bond acceptors (Lipinski definition) is 2. The minimum Gasteiger partial charge on any atom is -0.324 e. The van der Waals surface area contributed by atoms with Gasteiger partial charge in [-0.2, -0.15) is 0 Å². The van der Waals surface area contributed by atoms with Gasteiger partial charge >= 0.3 is 0 Å². The van der Waals surface area contributed by atoms with E-state index in [9.17, 15) is 31.1 Å². The number of nitrogens with one attached hydrogen (secondary N) is 1. The van der Waals surface area contributed by atoms with Crippen LogP contribution in [0.1, 0.15) is 6.92 Å². The van der Waals surface area contributed by atoms with Crippen molar-refractivity contribution in [3.63, 3.8) is 0 Å². The minimum absolute atomic E-state index is 0.0259. The summed E-state index contributed by atoms with van der Waals surface area (Å²) in [5.74, 6) is -12.0. The van der Waals surface area contributed by atoms with Crippen LogP contribution in [0.25, 0.3) is 0 Å². The van der Waals surface area contributed by atoms with Gasteiger partial charge in [-0.3, -0.25) is 4.79 Å². The molecule has 2 aromatic carbocycles. The van der Waals surface area contributed by atoms with Crippen LogP contribution >= 0.6 is 23.4 Å². The topological polar surface area (TPSA) is 29.1 Å². The number of thioether (sulfide) groups is 1. The lowest BCUT2D eigenvalue weighted by atomic mass is 10.3. The van der Waals surface area contributed by atoms with Gasteiger partial charge in [-0.1, -0.05) is 11.6 Å². The maximum Gasteiger partial charge on any atom is 0.237 e. The highest BCUT2D eigenvalue weighted by Crippen LogP contribution is 2.34. The van der Waals surface area contributed by atoms with Crippen LogP contribution in [0.4, 0.5) is 32.0 Å². The van der Waals surface area contributed by atoms with Gasteiger partial charge in [0.2, 0.25) is 11.7 Å². The molecule has 0 aliphatic heterocycles. The molecule has 2 aromatic rings. The Balaban J connectivity index is 2.22. The first-order valence-corrected chi connectivity index (χ1v) is 7.83. The summed E-state index contributed by atoms with van der Waals surface area (Å²) in [5.41, 5.74) is 0.0259. The van der Waals surface area contributed by atoms with Gasteiger partial charge in [0.1, 0.15) is 5.82 Å². The molecule has 10 heteroatoms. The van der Waals surface area contributed by atoms with Gasteiger partial charge in [0.15, 0.2) is 23.3 Å². The summed E-state index contributed by atoms with van der Waals surface area (Å²) in [6.07, 6.45) is 0. The zero-order valence-electron chi connectivity index (χ0n) is 12.3. The van der Waals surface area contributed by atoms with E-state index in [2.05, 4.69) is 5.32 Å². The second-order valence-electron chi connectivity index (χ2n) is 4.77. The summed E-state index contributed by atoms with van der Waals surface area (Å²) in [6.45, 7) is 1.19. The maximum absolute atomic E-state index is 13.6. The van der Waals surface area contributed by atoms with Gasteiger partial charge in [-0.05, 0) is 25.1 Å². The molecule has 1 atom stereocenters. The van der Waals surface area contributed by atoms with E-state index in [1.54, 1.807) is 0 Å². The van der Waals surface area contributed by atoms with Gasteiger partial charge in [-0.25, -0.2) is 26.3 Å². The SMILES string of the molecule is C[C@@H](Sc1c(F)c(F)c(F)c(F)c1F)C(=O)Nc1ccc(F)cc1Cl. The van der Waals surface area contributed by atoms with Crippen molar-refractivity contribution < 1.29 is 31.1 Å². The van der Waals surface area contributed by atoms with Crippen molar-refractivity contribution in [3.05, 3.63) is 58.1 Å². The number of carbonyl (C=O) groups excluding carboxylic acids is 1. The fourth-order valence-electron chi connectivity index (χ4n) is 1.74. The number of anilines is 1. The predicted molar refractivity (Wildman–Crippen MR) is 81.6 cm³/mol. The van der Waals surface area contributed by atoms with Crippen LogP contribution < -0.4 is 5.32 Å². The van der Waals surface area contributed by atoms with Crippen molar-refractivity contribution in [1.82, 2.24) is 0 Å². The molecule has 0 saturated heterocycles. The van der Waals surface area contributed by atoms with Crippen LogP contribution in [-0.2, 0) is 4.79 Å². The van der Waals surface area contributed by atoms with Gasteiger partial charge in [-0.15, -0.1) is 11.8 Å². The first kappa shape index (κ1) is 19.5. The third-order valence-electron chi connectivity index (χ3n) is 3.02. The molecule has 2 rings (SSSR count). The lowest BCUT2D eigenvalue weighted by Crippen LogP contribution is -2.23. The maximum atomic E-state index is 13.6. The number of halogens is 7. The van der Waals surface area contributed by atoms with E-state index < -0.39 is 51.0 Å². The third-order valence-corrected chi connectivity index (χ3v) is 4.50. The first-order valence-electron chi connectivity index (χ1n) is 6.57. The van der Waals surface area contributed by atoms with Gasteiger partial charge in [0.25, 0.3) is 0 Å². The summed E-state index contributed by atoms with van der Waals surface area (Å²) in [6, 6.07) is 3.10.